The number of phosphoric ester groups is 1. The van der Waals surface area contributed by atoms with Crippen LogP contribution < -0.4 is 0 Å². The molecule has 0 aliphatic carbocycles. The van der Waals surface area contributed by atoms with E-state index in [1.165, 1.54) is 0 Å². The molecular formula is C29H35O14P. The average molecular weight is 639 g/mol. The van der Waals surface area contributed by atoms with E-state index in [4.69, 9.17) is 37.3 Å². The minimum Gasteiger partial charge on any atom is -0.457 e. The quantitative estimate of drug-likeness (QED) is 0.181. The molecule has 0 saturated carbocycles. The summed E-state index contributed by atoms with van der Waals surface area (Å²) in [4.78, 5) is 47.9. The molecule has 0 radical (unpaired) electrons. The van der Waals surface area contributed by atoms with Crippen molar-refractivity contribution in [1.82, 2.24) is 0 Å². The van der Waals surface area contributed by atoms with E-state index in [0.717, 1.165) is 27.7 Å². The molecule has 14 nitrogen and oxygen atoms in total. The summed E-state index contributed by atoms with van der Waals surface area (Å²) in [6.07, 6.45) is -9.86. The van der Waals surface area contributed by atoms with Gasteiger partial charge >= 0.3 is 31.7 Å². The first-order valence-electron chi connectivity index (χ1n) is 13.5. The van der Waals surface area contributed by atoms with E-state index in [1.54, 1.807) is 60.7 Å². The Morgan fingerprint density at radius 2 is 1.16 bits per heavy atom. The van der Waals surface area contributed by atoms with Gasteiger partial charge in [0.05, 0.1) is 19.8 Å². The van der Waals surface area contributed by atoms with Gasteiger partial charge in [0, 0.05) is 27.7 Å². The number of hydrogen-bond donors (Lipinski definition) is 1. The standard InChI is InChI=1S/C29H35O14P/c1-18(30)39-24(25-26(40-19(2)31)27(41-20(3)32)28(29(34)43-25)42-21(4)33)17-38-44(35,36-15-22-11-7-5-8-12-22)37-16-23-13-9-6-10-14-23/h5-14,24-29,34H,15-17H2,1-4H3/t24-,25-,26-,27+,28+,29-/m1/s1. The number of carbonyl (C=O) groups is 4. The maximum absolute atomic E-state index is 13.8. The summed E-state index contributed by atoms with van der Waals surface area (Å²) >= 11 is 0. The minimum absolute atomic E-state index is 0.168. The molecule has 2 aromatic rings. The first-order chi connectivity index (χ1) is 20.9. The number of phosphoric acid groups is 1. The monoisotopic (exact) mass is 638 g/mol. The number of rotatable bonds is 14. The summed E-state index contributed by atoms with van der Waals surface area (Å²) in [6.45, 7) is 3.15. The lowest BCUT2D eigenvalue weighted by Gasteiger charge is -2.44. The predicted molar refractivity (Wildman–Crippen MR) is 149 cm³/mol. The third kappa shape index (κ3) is 10.8. The van der Waals surface area contributed by atoms with Gasteiger partial charge in [-0.1, -0.05) is 60.7 Å². The van der Waals surface area contributed by atoms with E-state index >= 15 is 0 Å². The van der Waals surface area contributed by atoms with Gasteiger partial charge in [-0.05, 0) is 11.1 Å². The zero-order valence-corrected chi connectivity index (χ0v) is 25.5. The highest BCUT2D eigenvalue weighted by atomic mass is 31.2. The first-order valence-corrected chi connectivity index (χ1v) is 15.0. The molecule has 0 spiro atoms. The molecule has 1 heterocycles. The molecule has 1 N–H and O–H groups in total. The van der Waals surface area contributed by atoms with E-state index in [2.05, 4.69) is 0 Å². The van der Waals surface area contributed by atoms with Crippen LogP contribution in [0.25, 0.3) is 0 Å². The topological polar surface area (TPSA) is 179 Å². The van der Waals surface area contributed by atoms with E-state index in [9.17, 15) is 28.8 Å². The van der Waals surface area contributed by atoms with Crippen LogP contribution in [0.2, 0.25) is 0 Å². The summed E-state index contributed by atoms with van der Waals surface area (Å²) in [5, 5.41) is 10.7. The number of esters is 4. The molecule has 44 heavy (non-hydrogen) atoms. The van der Waals surface area contributed by atoms with Crippen molar-refractivity contribution in [3.8, 4) is 0 Å². The van der Waals surface area contributed by atoms with Gasteiger partial charge in [0.1, 0.15) is 6.10 Å². The van der Waals surface area contributed by atoms with Gasteiger partial charge in [0.15, 0.2) is 30.7 Å². The van der Waals surface area contributed by atoms with Crippen LogP contribution in [0.15, 0.2) is 60.7 Å². The SMILES string of the molecule is CC(=O)O[C@H]1[C@H](OC(C)=O)[C@@H]([C@@H](COP(=O)(OCc2ccccc2)OCc2ccccc2)OC(C)=O)O[C@@H](O)[C@H]1OC(C)=O. The zero-order chi connectivity index (χ0) is 32.3. The second kappa shape index (κ2) is 16.4. The van der Waals surface area contributed by atoms with Crippen LogP contribution in [0.1, 0.15) is 38.8 Å². The molecule has 6 atom stereocenters. The molecule has 0 bridgehead atoms. The molecule has 1 aliphatic heterocycles. The van der Waals surface area contributed by atoms with Crippen molar-refractivity contribution in [2.45, 2.75) is 77.7 Å². The number of ether oxygens (including phenoxy) is 5. The molecule has 1 fully saturated rings. The average Bonchev–Trinajstić information content (AvgIpc) is 2.97. The molecule has 0 amide bonds. The summed E-state index contributed by atoms with van der Waals surface area (Å²) in [6, 6.07) is 17.6. The maximum Gasteiger partial charge on any atom is 0.475 e. The van der Waals surface area contributed by atoms with Crippen molar-refractivity contribution >= 4 is 31.7 Å². The fraction of sp³-hybridized carbons (Fsp3) is 0.448. The van der Waals surface area contributed by atoms with Crippen molar-refractivity contribution in [1.29, 1.82) is 0 Å². The summed E-state index contributed by atoms with van der Waals surface area (Å²) in [5.41, 5.74) is 1.32. The van der Waals surface area contributed by atoms with Gasteiger partial charge in [-0.3, -0.25) is 32.7 Å². The number of benzene rings is 2. The van der Waals surface area contributed by atoms with Crippen LogP contribution in [-0.4, -0.2) is 72.4 Å². The fourth-order valence-electron chi connectivity index (χ4n) is 4.26. The number of carbonyl (C=O) groups excluding carboxylic acids is 4. The lowest BCUT2D eigenvalue weighted by molar-refractivity contribution is -0.306. The van der Waals surface area contributed by atoms with Crippen LogP contribution in [0.3, 0.4) is 0 Å². The Morgan fingerprint density at radius 3 is 1.61 bits per heavy atom. The zero-order valence-electron chi connectivity index (χ0n) is 24.6. The van der Waals surface area contributed by atoms with E-state index in [1.807, 2.05) is 0 Å². The number of aliphatic hydroxyl groups is 1. The van der Waals surface area contributed by atoms with Crippen LogP contribution in [0, 0.1) is 0 Å². The smallest absolute Gasteiger partial charge is 0.457 e. The molecule has 1 saturated heterocycles. The Morgan fingerprint density at radius 1 is 0.705 bits per heavy atom. The molecule has 1 aliphatic rings. The Labute approximate surface area is 254 Å². The van der Waals surface area contributed by atoms with E-state index < -0.39 is 75.1 Å². The van der Waals surface area contributed by atoms with Crippen molar-refractivity contribution in [3.05, 3.63) is 71.8 Å². The Balaban J connectivity index is 1.91. The highest BCUT2D eigenvalue weighted by Gasteiger charge is 2.54. The fourth-order valence-corrected chi connectivity index (χ4v) is 5.43. The predicted octanol–water partition coefficient (Wildman–Crippen LogP) is 2.99. The third-order valence-corrected chi connectivity index (χ3v) is 7.36. The van der Waals surface area contributed by atoms with Crippen molar-refractivity contribution in [2.75, 3.05) is 6.61 Å². The molecule has 0 unspecified atom stereocenters. The Kier molecular flexibility index (Phi) is 13.0. The third-order valence-electron chi connectivity index (χ3n) is 6.00. The van der Waals surface area contributed by atoms with Crippen LogP contribution in [0.4, 0.5) is 0 Å². The van der Waals surface area contributed by atoms with Crippen LogP contribution >= 0.6 is 7.82 Å². The highest BCUT2D eigenvalue weighted by molar-refractivity contribution is 7.48. The lowest BCUT2D eigenvalue weighted by atomic mass is 9.94. The van der Waals surface area contributed by atoms with Crippen LogP contribution in [0.5, 0.6) is 0 Å². The van der Waals surface area contributed by atoms with E-state index in [-0.39, 0.29) is 13.2 Å². The molecule has 15 heteroatoms. The highest BCUT2D eigenvalue weighted by Crippen LogP contribution is 2.51. The Hall–Kier alpha value is -3.65. The normalized spacial score (nSPS) is 22.3. The van der Waals surface area contributed by atoms with Gasteiger partial charge in [-0.25, -0.2) is 4.57 Å². The summed E-state index contributed by atoms with van der Waals surface area (Å²) in [5.74, 6) is -3.45. The number of aliphatic hydroxyl groups excluding tert-OH is 1. The first kappa shape index (κ1) is 34.8. The lowest BCUT2D eigenvalue weighted by Crippen LogP contribution is -2.64. The summed E-state index contributed by atoms with van der Waals surface area (Å²) < 4.78 is 57.3. The van der Waals surface area contributed by atoms with Crippen molar-refractivity contribution in [3.63, 3.8) is 0 Å². The second-order valence-corrected chi connectivity index (χ2v) is 11.3. The number of hydrogen-bond acceptors (Lipinski definition) is 14. The Bertz CT molecular complexity index is 1260. The minimum atomic E-state index is -4.40. The van der Waals surface area contributed by atoms with E-state index in [0.29, 0.717) is 11.1 Å². The second-order valence-electron chi connectivity index (χ2n) is 9.62. The summed E-state index contributed by atoms with van der Waals surface area (Å²) in [7, 11) is -4.40. The van der Waals surface area contributed by atoms with Gasteiger partial charge in [-0.15, -0.1) is 0 Å². The molecule has 3 rings (SSSR count). The molecule has 0 aromatic heterocycles. The van der Waals surface area contributed by atoms with Gasteiger partial charge in [0.25, 0.3) is 0 Å². The molecule has 2 aromatic carbocycles. The van der Waals surface area contributed by atoms with Crippen molar-refractivity contribution in [2.24, 2.45) is 0 Å². The van der Waals surface area contributed by atoms with Crippen molar-refractivity contribution < 1.29 is 66.1 Å². The van der Waals surface area contributed by atoms with Gasteiger partial charge in [-0.2, -0.15) is 0 Å². The largest absolute Gasteiger partial charge is 0.475 e. The maximum atomic E-state index is 13.8. The van der Waals surface area contributed by atoms with Crippen LogP contribution in [-0.2, 0) is 74.2 Å². The molecule has 240 valence electrons. The molecular weight excluding hydrogens is 603 g/mol. The van der Waals surface area contributed by atoms with Gasteiger partial charge in [0.2, 0.25) is 0 Å². The van der Waals surface area contributed by atoms with Gasteiger partial charge < -0.3 is 28.8 Å².